The second kappa shape index (κ2) is 7.66. The van der Waals surface area contributed by atoms with E-state index in [9.17, 15) is 18.9 Å². The fourth-order valence-electron chi connectivity index (χ4n) is 5.72. The summed E-state index contributed by atoms with van der Waals surface area (Å²) in [5.74, 6) is -1.03. The molecule has 3 fully saturated rings. The lowest BCUT2D eigenvalue weighted by Crippen LogP contribution is -2.70. The molecule has 0 radical (unpaired) electrons. The van der Waals surface area contributed by atoms with Crippen LogP contribution >= 0.6 is 0 Å². The van der Waals surface area contributed by atoms with Crippen molar-refractivity contribution in [2.24, 2.45) is 23.2 Å². The van der Waals surface area contributed by atoms with Crippen LogP contribution in [0, 0.1) is 23.2 Å². The van der Waals surface area contributed by atoms with E-state index in [4.69, 9.17) is 17.8 Å². The molecule has 1 saturated heterocycles. The first-order chi connectivity index (χ1) is 13.0. The summed E-state index contributed by atoms with van der Waals surface area (Å²) >= 11 is -1.94. The average Bonchev–Trinajstić information content (AvgIpc) is 2.55. The van der Waals surface area contributed by atoms with Crippen molar-refractivity contribution in [2.45, 2.75) is 77.8 Å². The van der Waals surface area contributed by atoms with Crippen LogP contribution in [0.5, 0.6) is 0 Å². The first-order valence-corrected chi connectivity index (χ1v) is 10.7. The molecule has 2 aliphatic carbocycles. The Kier molecular flexibility index (Phi) is 5.93. The fraction of sp³-hybridized carbons (Fsp3) is 0.895. The van der Waals surface area contributed by atoms with Gasteiger partial charge in [-0.1, -0.05) is 13.8 Å². The van der Waals surface area contributed by atoms with Crippen molar-refractivity contribution in [1.82, 2.24) is 0 Å². The lowest BCUT2D eigenvalue weighted by atomic mass is 9.49. The van der Waals surface area contributed by atoms with Crippen LogP contribution in [0.25, 0.3) is 0 Å². The predicted octanol–water partition coefficient (Wildman–Crippen LogP) is 1.67. The minimum atomic E-state index is -1.94. The highest BCUT2D eigenvalue weighted by Gasteiger charge is 2.67. The molecular formula is C19H30O8S. The standard InChI is InChI=1S/C19H30O8S/c1-10(9-24-11(2)20)13-6-7-18(4)16-15(13)26-28(23)27-19(16,5)8-14(22)17(18)25-12(3)21/h10,13-17,22H,6-9H2,1-5H3/t10-,13+,14+,15?,16?,17-,18-,19-,28-/m1/s1. The third-order valence-corrected chi connectivity index (χ3v) is 7.67. The van der Waals surface area contributed by atoms with Crippen molar-refractivity contribution in [3.05, 3.63) is 0 Å². The summed E-state index contributed by atoms with van der Waals surface area (Å²) in [6.07, 6.45) is -0.447. The van der Waals surface area contributed by atoms with Gasteiger partial charge in [-0.2, -0.15) is 4.21 Å². The molecule has 2 unspecified atom stereocenters. The number of hydrogen-bond donors (Lipinski definition) is 1. The van der Waals surface area contributed by atoms with Gasteiger partial charge >= 0.3 is 23.3 Å². The Hall–Kier alpha value is -1.03. The van der Waals surface area contributed by atoms with Gasteiger partial charge in [0.05, 0.1) is 24.4 Å². The molecule has 0 amide bonds. The van der Waals surface area contributed by atoms with Crippen molar-refractivity contribution in [2.75, 3.05) is 6.61 Å². The van der Waals surface area contributed by atoms with E-state index in [0.29, 0.717) is 12.8 Å². The van der Waals surface area contributed by atoms with E-state index in [1.807, 2.05) is 20.8 Å². The number of aliphatic hydroxyl groups is 1. The Labute approximate surface area is 168 Å². The summed E-state index contributed by atoms with van der Waals surface area (Å²) in [5, 5.41) is 10.8. The average molecular weight is 419 g/mol. The molecule has 1 N–H and O–H groups in total. The third kappa shape index (κ3) is 3.74. The minimum absolute atomic E-state index is 0.00202. The van der Waals surface area contributed by atoms with Gasteiger partial charge in [-0.05, 0) is 31.6 Å². The van der Waals surface area contributed by atoms with Crippen LogP contribution in [0.1, 0.15) is 53.9 Å². The number of carbonyl (C=O) groups is 2. The van der Waals surface area contributed by atoms with Gasteiger partial charge in [0.1, 0.15) is 6.10 Å². The molecular weight excluding hydrogens is 388 g/mol. The highest BCUT2D eigenvalue weighted by molar-refractivity contribution is 7.75. The van der Waals surface area contributed by atoms with Gasteiger partial charge in [0, 0.05) is 31.6 Å². The lowest BCUT2D eigenvalue weighted by molar-refractivity contribution is -0.258. The Bertz CT molecular complexity index is 668. The molecule has 0 aromatic rings. The van der Waals surface area contributed by atoms with Gasteiger partial charge in [0.15, 0.2) is 0 Å². The first-order valence-electron chi connectivity index (χ1n) is 9.75. The van der Waals surface area contributed by atoms with Gasteiger partial charge in [-0.25, -0.2) is 0 Å². The zero-order valence-electron chi connectivity index (χ0n) is 17.0. The molecule has 0 bridgehead atoms. The SMILES string of the molecule is CC(=O)OC[C@@H](C)[C@@H]1CC[C@]2(C)C3C1O[S@@](=O)O[C@]3(C)C[C@H](O)[C@H]2OC(C)=O. The molecule has 0 spiro atoms. The van der Waals surface area contributed by atoms with Crippen LogP contribution in [0.3, 0.4) is 0 Å². The van der Waals surface area contributed by atoms with Gasteiger partial charge in [0.25, 0.3) is 0 Å². The number of rotatable bonds is 4. The van der Waals surface area contributed by atoms with Crippen molar-refractivity contribution in [3.63, 3.8) is 0 Å². The zero-order chi connectivity index (χ0) is 20.9. The van der Waals surface area contributed by atoms with E-state index in [2.05, 4.69) is 0 Å². The fourth-order valence-corrected chi connectivity index (χ4v) is 6.68. The third-order valence-electron chi connectivity index (χ3n) is 6.77. The molecule has 9 atom stereocenters. The minimum Gasteiger partial charge on any atom is -0.466 e. The van der Waals surface area contributed by atoms with E-state index >= 15 is 0 Å². The quantitative estimate of drug-likeness (QED) is 0.687. The molecule has 0 aromatic carbocycles. The Balaban J connectivity index is 1.95. The van der Waals surface area contributed by atoms with Crippen LogP contribution < -0.4 is 0 Å². The monoisotopic (exact) mass is 418 g/mol. The highest BCUT2D eigenvalue weighted by Crippen LogP contribution is 2.61. The number of aliphatic hydroxyl groups excluding tert-OH is 1. The van der Waals surface area contributed by atoms with E-state index in [1.54, 1.807) is 0 Å². The Morgan fingerprint density at radius 2 is 1.96 bits per heavy atom. The normalized spacial score (nSPS) is 46.2. The maximum atomic E-state index is 12.3. The number of esters is 2. The summed E-state index contributed by atoms with van der Waals surface area (Å²) < 4.78 is 34.5. The summed E-state index contributed by atoms with van der Waals surface area (Å²) in [6, 6.07) is 0. The maximum absolute atomic E-state index is 12.3. The van der Waals surface area contributed by atoms with Crippen molar-refractivity contribution >= 4 is 23.3 Å². The van der Waals surface area contributed by atoms with Crippen LogP contribution in [-0.4, -0.2) is 51.8 Å². The van der Waals surface area contributed by atoms with Crippen LogP contribution in [0.2, 0.25) is 0 Å². The number of hydrogen-bond acceptors (Lipinski definition) is 8. The second-order valence-electron chi connectivity index (χ2n) is 8.93. The van der Waals surface area contributed by atoms with Crippen molar-refractivity contribution < 1.29 is 36.7 Å². The Morgan fingerprint density at radius 1 is 1.29 bits per heavy atom. The molecule has 1 aliphatic heterocycles. The first kappa shape index (κ1) is 21.7. The molecule has 8 nitrogen and oxygen atoms in total. The van der Waals surface area contributed by atoms with E-state index < -0.39 is 46.7 Å². The number of carbonyl (C=O) groups excluding carboxylic acids is 2. The summed E-state index contributed by atoms with van der Waals surface area (Å²) in [5.41, 5.74) is -1.47. The van der Waals surface area contributed by atoms with Crippen LogP contribution in [0.15, 0.2) is 0 Å². The molecule has 0 aromatic heterocycles. The summed E-state index contributed by atoms with van der Waals surface area (Å²) in [4.78, 5) is 22.9. The molecule has 3 aliphatic rings. The predicted molar refractivity (Wildman–Crippen MR) is 98.8 cm³/mol. The largest absolute Gasteiger partial charge is 0.466 e. The topological polar surface area (TPSA) is 108 Å². The molecule has 2 saturated carbocycles. The number of ether oxygens (including phenoxy) is 2. The Morgan fingerprint density at radius 3 is 2.57 bits per heavy atom. The van der Waals surface area contributed by atoms with E-state index in [-0.39, 0.29) is 36.8 Å². The molecule has 1 heterocycles. The van der Waals surface area contributed by atoms with Crippen molar-refractivity contribution in [1.29, 1.82) is 0 Å². The summed E-state index contributed by atoms with van der Waals surface area (Å²) in [7, 11) is 0. The maximum Gasteiger partial charge on any atom is 0.305 e. The van der Waals surface area contributed by atoms with Gasteiger partial charge in [-0.3, -0.25) is 18.0 Å². The second-order valence-corrected chi connectivity index (χ2v) is 9.70. The van der Waals surface area contributed by atoms with Crippen LogP contribution in [0.4, 0.5) is 0 Å². The molecule has 160 valence electrons. The van der Waals surface area contributed by atoms with Gasteiger partial charge in [-0.15, -0.1) is 0 Å². The van der Waals surface area contributed by atoms with Gasteiger partial charge < -0.3 is 14.6 Å². The smallest absolute Gasteiger partial charge is 0.305 e. The van der Waals surface area contributed by atoms with E-state index in [1.165, 1.54) is 13.8 Å². The highest BCUT2D eigenvalue weighted by atomic mass is 32.2. The lowest BCUT2D eigenvalue weighted by Gasteiger charge is -2.63. The van der Waals surface area contributed by atoms with Crippen molar-refractivity contribution in [3.8, 4) is 0 Å². The molecule has 28 heavy (non-hydrogen) atoms. The van der Waals surface area contributed by atoms with Gasteiger partial charge in [0.2, 0.25) is 0 Å². The molecule has 9 heteroatoms. The summed E-state index contributed by atoms with van der Waals surface area (Å²) in [6.45, 7) is 8.76. The zero-order valence-corrected chi connectivity index (χ0v) is 17.8. The molecule has 3 rings (SSSR count). The van der Waals surface area contributed by atoms with E-state index in [0.717, 1.165) is 0 Å². The van der Waals surface area contributed by atoms with Crippen LogP contribution in [-0.2, 0) is 38.8 Å².